The fourth-order valence-electron chi connectivity index (χ4n) is 2.71. The Balaban J connectivity index is 1.51. The number of nitrogens with zero attached hydrogens (tertiary/aromatic N) is 2. The zero-order valence-electron chi connectivity index (χ0n) is 17.2. The van der Waals surface area contributed by atoms with Gasteiger partial charge in [-0.05, 0) is 67.1 Å². The number of aromatic nitrogens is 2. The monoisotopic (exact) mass is 410 g/mol. The molecular formula is C22H26N4O2S. The lowest BCUT2D eigenvalue weighted by Crippen LogP contribution is -2.19. The lowest BCUT2D eigenvalue weighted by molar-refractivity contribution is 0.262. The molecule has 0 aliphatic heterocycles. The van der Waals surface area contributed by atoms with Gasteiger partial charge in [0.1, 0.15) is 12.4 Å². The summed E-state index contributed by atoms with van der Waals surface area (Å²) in [6.07, 6.45) is 1.11. The fourth-order valence-corrected chi connectivity index (χ4v) is 3.36. The van der Waals surface area contributed by atoms with Crippen LogP contribution in [0, 0.1) is 13.8 Å². The summed E-state index contributed by atoms with van der Waals surface area (Å²) < 4.78 is 5.78. The van der Waals surface area contributed by atoms with Crippen LogP contribution < -0.4 is 15.4 Å². The lowest BCUT2D eigenvalue weighted by atomic mass is 9.99. The number of benzene rings is 2. The first-order chi connectivity index (χ1) is 13.9. The van der Waals surface area contributed by atoms with E-state index in [-0.39, 0.29) is 6.03 Å². The number of hydrogen-bond acceptors (Lipinski definition) is 5. The molecule has 152 valence electrons. The number of amides is 2. The van der Waals surface area contributed by atoms with E-state index in [0.29, 0.717) is 22.7 Å². The summed E-state index contributed by atoms with van der Waals surface area (Å²) in [6.45, 7) is 8.73. The predicted molar refractivity (Wildman–Crippen MR) is 118 cm³/mol. The molecule has 1 unspecified atom stereocenters. The van der Waals surface area contributed by atoms with Crippen LogP contribution in [0.15, 0.2) is 42.5 Å². The molecule has 2 aromatic carbocycles. The minimum atomic E-state index is -0.350. The normalized spacial score (nSPS) is 11.7. The van der Waals surface area contributed by atoms with Crippen molar-refractivity contribution in [1.82, 2.24) is 10.2 Å². The maximum Gasteiger partial charge on any atom is 0.325 e. The predicted octanol–water partition coefficient (Wildman–Crippen LogP) is 5.89. The van der Waals surface area contributed by atoms with Gasteiger partial charge < -0.3 is 10.1 Å². The molecule has 1 atom stereocenters. The van der Waals surface area contributed by atoms with Gasteiger partial charge in [-0.2, -0.15) is 0 Å². The summed E-state index contributed by atoms with van der Waals surface area (Å²) in [6, 6.07) is 13.5. The molecule has 7 heteroatoms. The van der Waals surface area contributed by atoms with Crippen molar-refractivity contribution >= 4 is 28.2 Å². The average Bonchev–Trinajstić information content (AvgIpc) is 3.16. The molecule has 0 saturated carbocycles. The molecule has 0 saturated heterocycles. The second-order valence-corrected chi connectivity index (χ2v) is 8.11. The molecule has 0 bridgehead atoms. The largest absolute Gasteiger partial charge is 0.486 e. The molecule has 2 amide bonds. The van der Waals surface area contributed by atoms with E-state index < -0.39 is 0 Å². The maximum atomic E-state index is 12.2. The van der Waals surface area contributed by atoms with Gasteiger partial charge in [-0.25, -0.2) is 4.79 Å². The van der Waals surface area contributed by atoms with Crippen molar-refractivity contribution in [2.45, 2.75) is 46.6 Å². The molecule has 3 aromatic rings. The van der Waals surface area contributed by atoms with Crippen molar-refractivity contribution in [3.05, 3.63) is 64.2 Å². The quantitative estimate of drug-likeness (QED) is 0.509. The van der Waals surface area contributed by atoms with Gasteiger partial charge in [0.05, 0.1) is 0 Å². The third-order valence-electron chi connectivity index (χ3n) is 4.88. The third kappa shape index (κ3) is 5.77. The van der Waals surface area contributed by atoms with Crippen LogP contribution in [0.1, 0.15) is 47.9 Å². The highest BCUT2D eigenvalue weighted by Crippen LogP contribution is 2.23. The van der Waals surface area contributed by atoms with Crippen molar-refractivity contribution in [3.8, 4) is 5.75 Å². The van der Waals surface area contributed by atoms with Crippen LogP contribution in [-0.4, -0.2) is 16.2 Å². The Morgan fingerprint density at radius 1 is 1.07 bits per heavy atom. The minimum absolute atomic E-state index is 0.306. The molecule has 29 heavy (non-hydrogen) atoms. The van der Waals surface area contributed by atoms with Crippen LogP contribution >= 0.6 is 11.3 Å². The molecule has 0 spiro atoms. The van der Waals surface area contributed by atoms with Crippen molar-refractivity contribution in [3.63, 3.8) is 0 Å². The van der Waals surface area contributed by atoms with E-state index in [1.54, 1.807) is 0 Å². The smallest absolute Gasteiger partial charge is 0.325 e. The molecule has 0 aliphatic carbocycles. The van der Waals surface area contributed by atoms with Crippen molar-refractivity contribution in [1.29, 1.82) is 0 Å². The molecule has 1 aromatic heterocycles. The van der Waals surface area contributed by atoms with Gasteiger partial charge >= 0.3 is 6.03 Å². The van der Waals surface area contributed by atoms with Gasteiger partial charge in [-0.1, -0.05) is 43.4 Å². The first-order valence-corrected chi connectivity index (χ1v) is 10.5. The van der Waals surface area contributed by atoms with E-state index in [9.17, 15) is 4.79 Å². The summed E-state index contributed by atoms with van der Waals surface area (Å²) in [5.41, 5.74) is 4.34. The standard InChI is InChI=1S/C22H26N4O2S/c1-5-14(2)17-7-10-19(11-8-17)28-13-20-25-26-22(29-20)24-21(27)23-18-9-6-15(3)16(4)12-18/h6-12,14H,5,13H2,1-4H3,(H2,23,24,26,27). The average molecular weight is 411 g/mol. The Kier molecular flexibility index (Phi) is 6.82. The van der Waals surface area contributed by atoms with Crippen molar-refractivity contribution in [2.75, 3.05) is 10.6 Å². The number of anilines is 2. The molecule has 0 aliphatic rings. The SMILES string of the molecule is CCC(C)c1ccc(OCc2nnc(NC(=O)Nc3ccc(C)c(C)c3)s2)cc1. The van der Waals surface area contributed by atoms with Crippen LogP contribution in [0.2, 0.25) is 0 Å². The van der Waals surface area contributed by atoms with E-state index in [1.807, 2.05) is 44.2 Å². The Morgan fingerprint density at radius 3 is 2.52 bits per heavy atom. The van der Waals surface area contributed by atoms with Crippen molar-refractivity contribution in [2.24, 2.45) is 0 Å². The zero-order chi connectivity index (χ0) is 20.8. The molecular weight excluding hydrogens is 384 g/mol. The van der Waals surface area contributed by atoms with E-state index >= 15 is 0 Å². The first kappa shape index (κ1) is 20.8. The Morgan fingerprint density at radius 2 is 1.83 bits per heavy atom. The zero-order valence-corrected chi connectivity index (χ0v) is 18.0. The van der Waals surface area contributed by atoms with Crippen LogP contribution in [0.25, 0.3) is 0 Å². The molecule has 6 nitrogen and oxygen atoms in total. The van der Waals surface area contributed by atoms with Crippen LogP contribution in [0.3, 0.4) is 0 Å². The van der Waals surface area contributed by atoms with E-state index in [4.69, 9.17) is 4.74 Å². The third-order valence-corrected chi connectivity index (χ3v) is 5.69. The number of hydrogen-bond donors (Lipinski definition) is 2. The second-order valence-electron chi connectivity index (χ2n) is 7.05. The topological polar surface area (TPSA) is 76.1 Å². The fraction of sp³-hybridized carbons (Fsp3) is 0.318. The van der Waals surface area contributed by atoms with Gasteiger partial charge in [0, 0.05) is 5.69 Å². The Hall–Kier alpha value is -2.93. The molecule has 0 fully saturated rings. The number of ether oxygens (including phenoxy) is 1. The summed E-state index contributed by atoms with van der Waals surface area (Å²) in [5.74, 6) is 1.32. The summed E-state index contributed by atoms with van der Waals surface area (Å²) in [4.78, 5) is 12.2. The lowest BCUT2D eigenvalue weighted by Gasteiger charge is -2.10. The molecule has 3 rings (SSSR count). The van der Waals surface area contributed by atoms with Gasteiger partial charge in [-0.15, -0.1) is 10.2 Å². The molecule has 1 heterocycles. The first-order valence-electron chi connectivity index (χ1n) is 9.65. The number of carbonyl (C=O) groups is 1. The molecule has 2 N–H and O–H groups in total. The van der Waals surface area contributed by atoms with Gasteiger partial charge in [0.15, 0.2) is 5.01 Å². The van der Waals surface area contributed by atoms with Gasteiger partial charge in [0.25, 0.3) is 0 Å². The van der Waals surface area contributed by atoms with Gasteiger partial charge in [0.2, 0.25) is 5.13 Å². The molecule has 0 radical (unpaired) electrons. The van der Waals surface area contributed by atoms with Crippen LogP contribution in [0.5, 0.6) is 5.75 Å². The van der Waals surface area contributed by atoms with E-state index in [2.05, 4.69) is 46.8 Å². The number of rotatable bonds is 7. The highest BCUT2D eigenvalue weighted by molar-refractivity contribution is 7.15. The Labute approximate surface area is 175 Å². The number of aryl methyl sites for hydroxylation is 2. The minimum Gasteiger partial charge on any atom is -0.486 e. The maximum absolute atomic E-state index is 12.2. The van der Waals surface area contributed by atoms with E-state index in [0.717, 1.165) is 23.4 Å². The van der Waals surface area contributed by atoms with Crippen molar-refractivity contribution < 1.29 is 9.53 Å². The second kappa shape index (κ2) is 9.52. The number of nitrogens with one attached hydrogen (secondary N) is 2. The van der Waals surface area contributed by atoms with Crippen LogP contribution in [0.4, 0.5) is 15.6 Å². The highest BCUT2D eigenvalue weighted by Gasteiger charge is 2.10. The van der Waals surface area contributed by atoms with E-state index in [1.165, 1.54) is 22.5 Å². The summed E-state index contributed by atoms with van der Waals surface area (Å²) >= 11 is 1.29. The Bertz CT molecular complexity index is 969. The number of carbonyl (C=O) groups excluding carboxylic acids is 1. The van der Waals surface area contributed by atoms with Crippen LogP contribution in [-0.2, 0) is 6.61 Å². The van der Waals surface area contributed by atoms with Gasteiger partial charge in [-0.3, -0.25) is 5.32 Å². The highest BCUT2D eigenvalue weighted by atomic mass is 32.1. The summed E-state index contributed by atoms with van der Waals surface area (Å²) in [5, 5.41) is 14.7. The number of urea groups is 1. The summed E-state index contributed by atoms with van der Waals surface area (Å²) in [7, 11) is 0.